The molecular weight excluding hydrogens is 192 g/mol. The van der Waals surface area contributed by atoms with E-state index in [0.717, 1.165) is 58.4 Å². The minimum atomic E-state index is 0.547. The fourth-order valence-electron chi connectivity index (χ4n) is 2.13. The fraction of sp³-hybridized carbons (Fsp3) is 1.00. The van der Waals surface area contributed by atoms with Crippen LogP contribution in [0.4, 0.5) is 0 Å². The van der Waals surface area contributed by atoms with Crippen LogP contribution < -0.4 is 10.6 Å². The first-order valence-electron chi connectivity index (χ1n) is 6.05. The Balaban J connectivity index is 1.47. The van der Waals surface area contributed by atoms with Gasteiger partial charge in [0.1, 0.15) is 0 Å². The maximum atomic E-state index is 5.40. The summed E-state index contributed by atoms with van der Waals surface area (Å²) in [6, 6.07) is 0.547. The molecule has 15 heavy (non-hydrogen) atoms. The van der Waals surface area contributed by atoms with Crippen LogP contribution in [0.25, 0.3) is 0 Å². The highest BCUT2D eigenvalue weighted by atomic mass is 16.5. The lowest BCUT2D eigenvalue weighted by atomic mass is 10.1. The van der Waals surface area contributed by atoms with Gasteiger partial charge >= 0.3 is 0 Å². The minimum Gasteiger partial charge on any atom is -0.381 e. The van der Waals surface area contributed by atoms with Gasteiger partial charge in [-0.2, -0.15) is 0 Å². The normalized spacial score (nSPS) is 32.0. The largest absolute Gasteiger partial charge is 0.381 e. The predicted molar refractivity (Wildman–Crippen MR) is 59.0 cm³/mol. The van der Waals surface area contributed by atoms with Crippen molar-refractivity contribution in [3.05, 3.63) is 0 Å². The molecule has 2 rings (SSSR count). The van der Waals surface area contributed by atoms with Crippen LogP contribution in [0.2, 0.25) is 0 Å². The molecule has 0 aromatic carbocycles. The number of ether oxygens (including phenoxy) is 2. The molecular formula is C11H22N2O2. The zero-order chi connectivity index (χ0) is 10.3. The van der Waals surface area contributed by atoms with Crippen LogP contribution in [0.15, 0.2) is 0 Å². The first-order chi connectivity index (χ1) is 7.45. The molecule has 88 valence electrons. The number of rotatable bonds is 5. The van der Waals surface area contributed by atoms with E-state index in [2.05, 4.69) is 10.6 Å². The van der Waals surface area contributed by atoms with E-state index in [4.69, 9.17) is 9.47 Å². The molecule has 2 saturated heterocycles. The Bertz CT molecular complexity index is 166. The highest BCUT2D eigenvalue weighted by Crippen LogP contribution is 2.10. The lowest BCUT2D eigenvalue weighted by Crippen LogP contribution is -2.43. The molecule has 0 aliphatic carbocycles. The summed E-state index contributed by atoms with van der Waals surface area (Å²) < 4.78 is 10.7. The average Bonchev–Trinajstić information content (AvgIpc) is 2.79. The van der Waals surface area contributed by atoms with Crippen molar-refractivity contribution in [1.29, 1.82) is 0 Å². The first kappa shape index (κ1) is 11.3. The van der Waals surface area contributed by atoms with Gasteiger partial charge in [-0.05, 0) is 25.3 Å². The maximum Gasteiger partial charge on any atom is 0.0620 e. The van der Waals surface area contributed by atoms with Crippen LogP contribution in [0.5, 0.6) is 0 Å². The van der Waals surface area contributed by atoms with E-state index in [-0.39, 0.29) is 0 Å². The molecule has 0 aromatic heterocycles. The zero-order valence-electron chi connectivity index (χ0n) is 9.34. The molecule has 2 aliphatic heterocycles. The molecule has 0 spiro atoms. The van der Waals surface area contributed by atoms with E-state index in [0.29, 0.717) is 6.04 Å². The topological polar surface area (TPSA) is 42.5 Å². The SMILES string of the molecule is C(CC1COCCN1)NCC1CCOC1. The molecule has 2 atom stereocenters. The van der Waals surface area contributed by atoms with Crippen molar-refractivity contribution < 1.29 is 9.47 Å². The van der Waals surface area contributed by atoms with Gasteiger partial charge in [0.05, 0.1) is 19.8 Å². The molecule has 2 unspecified atom stereocenters. The van der Waals surface area contributed by atoms with Crippen molar-refractivity contribution in [3.8, 4) is 0 Å². The van der Waals surface area contributed by atoms with Gasteiger partial charge in [-0.3, -0.25) is 0 Å². The summed E-state index contributed by atoms with van der Waals surface area (Å²) in [5, 5.41) is 6.96. The highest BCUT2D eigenvalue weighted by Gasteiger charge is 2.15. The number of nitrogens with one attached hydrogen (secondary N) is 2. The lowest BCUT2D eigenvalue weighted by molar-refractivity contribution is 0.0741. The van der Waals surface area contributed by atoms with E-state index in [1.54, 1.807) is 0 Å². The Hall–Kier alpha value is -0.160. The maximum absolute atomic E-state index is 5.40. The van der Waals surface area contributed by atoms with Gasteiger partial charge in [0.25, 0.3) is 0 Å². The average molecular weight is 214 g/mol. The predicted octanol–water partition coefficient (Wildman–Crippen LogP) is -0.00900. The Morgan fingerprint density at radius 3 is 2.87 bits per heavy atom. The van der Waals surface area contributed by atoms with E-state index >= 15 is 0 Å². The molecule has 0 aromatic rings. The third-order valence-corrected chi connectivity index (χ3v) is 3.13. The molecule has 4 nitrogen and oxygen atoms in total. The van der Waals surface area contributed by atoms with Crippen molar-refractivity contribution in [2.45, 2.75) is 18.9 Å². The van der Waals surface area contributed by atoms with Crippen molar-refractivity contribution in [2.75, 3.05) is 46.1 Å². The van der Waals surface area contributed by atoms with Crippen LogP contribution in [0, 0.1) is 5.92 Å². The molecule has 0 radical (unpaired) electrons. The van der Waals surface area contributed by atoms with Gasteiger partial charge < -0.3 is 20.1 Å². The second-order valence-electron chi connectivity index (χ2n) is 4.45. The number of hydrogen-bond donors (Lipinski definition) is 2. The zero-order valence-corrected chi connectivity index (χ0v) is 9.34. The van der Waals surface area contributed by atoms with E-state index in [1.807, 2.05) is 0 Å². The van der Waals surface area contributed by atoms with E-state index < -0.39 is 0 Å². The molecule has 4 heteroatoms. The van der Waals surface area contributed by atoms with Crippen molar-refractivity contribution >= 4 is 0 Å². The van der Waals surface area contributed by atoms with Crippen LogP contribution in [-0.4, -0.2) is 52.1 Å². The number of morpholine rings is 1. The van der Waals surface area contributed by atoms with Gasteiger partial charge in [0, 0.05) is 25.7 Å². The van der Waals surface area contributed by atoms with Gasteiger partial charge in [-0.1, -0.05) is 0 Å². The standard InChI is InChI=1S/C11H22N2O2/c1(11-9-15-6-4-13-11)3-12-7-10-2-5-14-8-10/h10-13H,1-9H2. The lowest BCUT2D eigenvalue weighted by Gasteiger charge is -2.24. The molecule has 0 bridgehead atoms. The molecule has 0 amide bonds. The Labute approximate surface area is 91.7 Å². The Morgan fingerprint density at radius 2 is 2.13 bits per heavy atom. The highest BCUT2D eigenvalue weighted by molar-refractivity contribution is 4.72. The fourth-order valence-corrected chi connectivity index (χ4v) is 2.13. The Kier molecular flexibility index (Phi) is 4.86. The summed E-state index contributed by atoms with van der Waals surface area (Å²) in [5.74, 6) is 0.737. The molecule has 2 aliphatic rings. The molecule has 2 N–H and O–H groups in total. The summed E-state index contributed by atoms with van der Waals surface area (Å²) in [4.78, 5) is 0. The van der Waals surface area contributed by atoms with Gasteiger partial charge in [0.2, 0.25) is 0 Å². The second kappa shape index (κ2) is 6.43. The van der Waals surface area contributed by atoms with Crippen LogP contribution in [0.3, 0.4) is 0 Å². The van der Waals surface area contributed by atoms with Gasteiger partial charge in [-0.15, -0.1) is 0 Å². The smallest absolute Gasteiger partial charge is 0.0620 e. The molecule has 2 heterocycles. The molecule has 0 saturated carbocycles. The third kappa shape index (κ3) is 4.07. The summed E-state index contributed by atoms with van der Waals surface area (Å²) in [5.41, 5.74) is 0. The minimum absolute atomic E-state index is 0.547. The summed E-state index contributed by atoms with van der Waals surface area (Å²) in [6.07, 6.45) is 2.38. The monoisotopic (exact) mass is 214 g/mol. The van der Waals surface area contributed by atoms with E-state index in [9.17, 15) is 0 Å². The van der Waals surface area contributed by atoms with Crippen molar-refractivity contribution in [2.24, 2.45) is 5.92 Å². The summed E-state index contributed by atoms with van der Waals surface area (Å²) in [6.45, 7) is 6.81. The van der Waals surface area contributed by atoms with Crippen molar-refractivity contribution in [1.82, 2.24) is 10.6 Å². The summed E-state index contributed by atoms with van der Waals surface area (Å²) in [7, 11) is 0. The molecule has 2 fully saturated rings. The quantitative estimate of drug-likeness (QED) is 0.632. The van der Waals surface area contributed by atoms with Crippen LogP contribution >= 0.6 is 0 Å². The number of hydrogen-bond acceptors (Lipinski definition) is 4. The van der Waals surface area contributed by atoms with Crippen LogP contribution in [-0.2, 0) is 9.47 Å². The first-order valence-corrected chi connectivity index (χ1v) is 6.05. The van der Waals surface area contributed by atoms with E-state index in [1.165, 1.54) is 6.42 Å². The Morgan fingerprint density at radius 1 is 1.20 bits per heavy atom. The van der Waals surface area contributed by atoms with Gasteiger partial charge in [0.15, 0.2) is 0 Å². The van der Waals surface area contributed by atoms with Crippen LogP contribution in [0.1, 0.15) is 12.8 Å². The third-order valence-electron chi connectivity index (χ3n) is 3.13. The second-order valence-corrected chi connectivity index (χ2v) is 4.45. The van der Waals surface area contributed by atoms with Crippen molar-refractivity contribution in [3.63, 3.8) is 0 Å². The summed E-state index contributed by atoms with van der Waals surface area (Å²) >= 11 is 0. The van der Waals surface area contributed by atoms with Gasteiger partial charge in [-0.25, -0.2) is 0 Å².